The van der Waals surface area contributed by atoms with Crippen molar-refractivity contribution >= 4 is 17.2 Å². The van der Waals surface area contributed by atoms with E-state index in [9.17, 15) is 5.11 Å². The van der Waals surface area contributed by atoms with Crippen molar-refractivity contribution < 1.29 is 9.84 Å². The molecular formula is C32H39N5O2. The van der Waals surface area contributed by atoms with Gasteiger partial charge in [-0.2, -0.15) is 4.98 Å². The van der Waals surface area contributed by atoms with Crippen molar-refractivity contribution in [2.24, 2.45) is 10.9 Å². The second-order valence-electron chi connectivity index (χ2n) is 12.0. The lowest BCUT2D eigenvalue weighted by Gasteiger charge is -2.40. The van der Waals surface area contributed by atoms with Gasteiger partial charge in [0.1, 0.15) is 11.9 Å². The molecule has 2 aromatic carbocycles. The molecule has 0 unspecified atom stereocenters. The molecular weight excluding hydrogens is 486 g/mol. The highest BCUT2D eigenvalue weighted by molar-refractivity contribution is 6.09. The summed E-state index contributed by atoms with van der Waals surface area (Å²) in [5.41, 5.74) is 9.61. The standard InChI is InChI=1S/C32H39N5O2/c1-31(2)28(36-27-29(33)34-21-35-30(27)39-31)25-14-12-24(13-15-25)23-10-8-22(9-11-23)20-37-18-16-32(38,17-19-37)26-6-4-3-5-7-26/h3-7,12-15,21-23,38H,8-11,16-20H2,1-2H3,(H2,33,34,35). The van der Waals surface area contributed by atoms with Crippen LogP contribution >= 0.6 is 0 Å². The zero-order valence-corrected chi connectivity index (χ0v) is 23.0. The molecule has 7 nitrogen and oxygen atoms in total. The van der Waals surface area contributed by atoms with Crippen molar-refractivity contribution in [1.82, 2.24) is 14.9 Å². The van der Waals surface area contributed by atoms with Crippen molar-refractivity contribution in [1.29, 1.82) is 0 Å². The number of anilines is 1. The first-order valence-corrected chi connectivity index (χ1v) is 14.3. The number of fused-ring (bicyclic) bond motifs is 1. The highest BCUT2D eigenvalue weighted by atomic mass is 16.5. The van der Waals surface area contributed by atoms with Gasteiger partial charge in [0.25, 0.3) is 0 Å². The fraction of sp³-hybridized carbons (Fsp3) is 0.469. The van der Waals surface area contributed by atoms with Crippen LogP contribution in [0, 0.1) is 5.92 Å². The van der Waals surface area contributed by atoms with E-state index in [1.165, 1.54) is 37.6 Å². The molecule has 6 rings (SSSR count). The quantitative estimate of drug-likeness (QED) is 0.450. The summed E-state index contributed by atoms with van der Waals surface area (Å²) in [4.78, 5) is 15.7. The molecule has 7 heteroatoms. The van der Waals surface area contributed by atoms with Crippen LogP contribution in [0.15, 0.2) is 65.9 Å². The van der Waals surface area contributed by atoms with Gasteiger partial charge in [0.05, 0.1) is 11.3 Å². The fourth-order valence-electron chi connectivity index (χ4n) is 6.60. The van der Waals surface area contributed by atoms with Crippen LogP contribution in [0.1, 0.15) is 75.0 Å². The van der Waals surface area contributed by atoms with Crippen LogP contribution in [-0.2, 0) is 5.60 Å². The lowest BCUT2D eigenvalue weighted by molar-refractivity contribution is -0.0299. The largest absolute Gasteiger partial charge is 0.463 e. The first-order valence-electron chi connectivity index (χ1n) is 14.3. The number of aromatic nitrogens is 2. The predicted molar refractivity (Wildman–Crippen MR) is 155 cm³/mol. The summed E-state index contributed by atoms with van der Waals surface area (Å²) in [7, 11) is 0. The topological polar surface area (TPSA) is 96.9 Å². The number of benzene rings is 2. The minimum atomic E-state index is -0.671. The van der Waals surface area contributed by atoms with Gasteiger partial charge in [0.15, 0.2) is 11.5 Å². The number of ether oxygens (including phenoxy) is 1. The molecule has 1 aromatic heterocycles. The molecule has 0 radical (unpaired) electrons. The van der Waals surface area contributed by atoms with E-state index in [1.807, 2.05) is 32.0 Å². The second-order valence-corrected chi connectivity index (χ2v) is 12.0. The molecule has 3 N–H and O–H groups in total. The molecule has 2 aliphatic heterocycles. The van der Waals surface area contributed by atoms with E-state index < -0.39 is 11.2 Å². The van der Waals surface area contributed by atoms with E-state index in [2.05, 4.69) is 51.3 Å². The van der Waals surface area contributed by atoms with Crippen LogP contribution in [0.2, 0.25) is 0 Å². The van der Waals surface area contributed by atoms with Gasteiger partial charge in [-0.3, -0.25) is 0 Å². The number of rotatable bonds is 5. The number of hydrogen-bond acceptors (Lipinski definition) is 7. The van der Waals surface area contributed by atoms with Crippen molar-refractivity contribution in [3.63, 3.8) is 0 Å². The molecule has 2 fully saturated rings. The number of hydrogen-bond donors (Lipinski definition) is 2. The van der Waals surface area contributed by atoms with Crippen molar-refractivity contribution in [3.8, 4) is 5.88 Å². The summed E-state index contributed by atoms with van der Waals surface area (Å²) in [5.74, 6) is 2.10. The normalized spacial score (nSPS) is 24.3. The average molecular weight is 526 g/mol. The zero-order valence-electron chi connectivity index (χ0n) is 23.0. The Kier molecular flexibility index (Phi) is 6.89. The number of aliphatic imine (C=N–C) groups is 1. The Balaban J connectivity index is 1.04. The summed E-state index contributed by atoms with van der Waals surface area (Å²) < 4.78 is 6.14. The van der Waals surface area contributed by atoms with Crippen LogP contribution in [0.3, 0.4) is 0 Å². The van der Waals surface area contributed by atoms with E-state index in [0.29, 0.717) is 23.3 Å². The van der Waals surface area contributed by atoms with Crippen molar-refractivity contribution in [3.05, 3.63) is 77.6 Å². The molecule has 3 heterocycles. The van der Waals surface area contributed by atoms with Crippen molar-refractivity contribution in [2.75, 3.05) is 25.4 Å². The maximum atomic E-state index is 11.2. The number of likely N-dealkylation sites (tertiary alicyclic amines) is 1. The van der Waals surface area contributed by atoms with Crippen LogP contribution in [-0.4, -0.2) is 50.9 Å². The first kappa shape index (κ1) is 26.0. The Morgan fingerprint density at radius 3 is 2.33 bits per heavy atom. The number of piperidine rings is 1. The Hall–Kier alpha value is -3.29. The maximum Gasteiger partial charge on any atom is 0.246 e. The minimum Gasteiger partial charge on any atom is -0.463 e. The summed E-state index contributed by atoms with van der Waals surface area (Å²) >= 11 is 0. The molecule has 1 aliphatic carbocycles. The molecule has 1 saturated carbocycles. The van der Waals surface area contributed by atoms with Crippen LogP contribution in [0.25, 0.3) is 0 Å². The van der Waals surface area contributed by atoms with E-state index in [1.54, 1.807) is 0 Å². The third kappa shape index (κ3) is 5.30. The van der Waals surface area contributed by atoms with E-state index >= 15 is 0 Å². The first-order chi connectivity index (χ1) is 18.8. The molecule has 3 aromatic rings. The van der Waals surface area contributed by atoms with Crippen LogP contribution < -0.4 is 10.5 Å². The van der Waals surface area contributed by atoms with Gasteiger partial charge in [0, 0.05) is 25.2 Å². The third-order valence-electron chi connectivity index (χ3n) is 8.98. The molecule has 0 amide bonds. The van der Waals surface area contributed by atoms with Crippen molar-refractivity contribution in [2.45, 2.75) is 69.5 Å². The van der Waals surface area contributed by atoms with Crippen LogP contribution in [0.4, 0.5) is 11.5 Å². The smallest absolute Gasteiger partial charge is 0.246 e. The lowest BCUT2D eigenvalue weighted by Crippen LogP contribution is -2.44. The highest BCUT2D eigenvalue weighted by Gasteiger charge is 2.36. The summed E-state index contributed by atoms with van der Waals surface area (Å²) in [5, 5.41) is 11.2. The van der Waals surface area contributed by atoms with Gasteiger partial charge in [-0.1, -0.05) is 54.6 Å². The van der Waals surface area contributed by atoms with Gasteiger partial charge in [-0.15, -0.1) is 0 Å². The average Bonchev–Trinajstić information content (AvgIpc) is 2.95. The monoisotopic (exact) mass is 525 g/mol. The molecule has 0 spiro atoms. The number of nitrogen functional groups attached to an aromatic ring is 1. The molecule has 0 bridgehead atoms. The van der Waals surface area contributed by atoms with Gasteiger partial charge in [-0.25, -0.2) is 9.98 Å². The van der Waals surface area contributed by atoms with Gasteiger partial charge in [0.2, 0.25) is 5.88 Å². The Labute approximate surface area is 231 Å². The Bertz CT molecular complexity index is 1320. The summed E-state index contributed by atoms with van der Waals surface area (Å²) in [6.07, 6.45) is 8.01. The lowest BCUT2D eigenvalue weighted by atomic mass is 9.77. The Morgan fingerprint density at radius 2 is 1.64 bits per heavy atom. The van der Waals surface area contributed by atoms with Gasteiger partial charge in [-0.05, 0) is 75.3 Å². The van der Waals surface area contributed by atoms with E-state index in [-0.39, 0.29) is 0 Å². The van der Waals surface area contributed by atoms with Crippen LogP contribution in [0.5, 0.6) is 5.88 Å². The summed E-state index contributed by atoms with van der Waals surface area (Å²) in [6.45, 7) is 7.11. The number of aliphatic hydroxyl groups is 1. The number of nitrogens with zero attached hydrogens (tertiary/aromatic N) is 4. The zero-order chi connectivity index (χ0) is 27.0. The SMILES string of the molecule is CC1(C)Oc2ncnc(N)c2N=C1c1ccc(C2CCC(CN3CCC(O)(c4ccccc4)CC3)CC2)cc1. The number of nitrogens with two attached hydrogens (primary N) is 1. The second kappa shape index (κ2) is 10.4. The molecule has 1 saturated heterocycles. The highest BCUT2D eigenvalue weighted by Crippen LogP contribution is 2.40. The van der Waals surface area contributed by atoms with Gasteiger partial charge < -0.3 is 20.5 Å². The third-order valence-corrected chi connectivity index (χ3v) is 8.98. The van der Waals surface area contributed by atoms with E-state index in [0.717, 1.165) is 55.2 Å². The van der Waals surface area contributed by atoms with Gasteiger partial charge >= 0.3 is 0 Å². The predicted octanol–water partition coefficient (Wildman–Crippen LogP) is 5.61. The van der Waals surface area contributed by atoms with E-state index in [4.69, 9.17) is 15.5 Å². The fourth-order valence-corrected chi connectivity index (χ4v) is 6.60. The molecule has 204 valence electrons. The maximum absolute atomic E-state index is 11.2. The Morgan fingerprint density at radius 1 is 0.949 bits per heavy atom. The molecule has 39 heavy (non-hydrogen) atoms. The minimum absolute atomic E-state index is 0.331. The summed E-state index contributed by atoms with van der Waals surface area (Å²) in [6, 6.07) is 19.0. The molecule has 3 aliphatic rings. The molecule has 0 atom stereocenters.